The number of aromatic amines is 1. The van der Waals surface area contributed by atoms with Crippen LogP contribution in [0.15, 0.2) is 4.79 Å². The molecule has 1 heterocycles. The van der Waals surface area contributed by atoms with Gasteiger partial charge in [-0.05, 0) is 32.1 Å². The zero-order chi connectivity index (χ0) is 11.9. The van der Waals surface area contributed by atoms with Crippen LogP contribution in [0.1, 0.15) is 55.6 Å². The second-order valence-corrected chi connectivity index (χ2v) is 5.41. The van der Waals surface area contributed by atoms with Crippen LogP contribution < -0.4 is 11.3 Å². The van der Waals surface area contributed by atoms with Gasteiger partial charge >= 0.3 is 0 Å². The maximum atomic E-state index is 12.0. The van der Waals surface area contributed by atoms with Crippen molar-refractivity contribution in [1.82, 2.24) is 9.97 Å². The fourth-order valence-corrected chi connectivity index (χ4v) is 3.10. The fraction of sp³-hybridized carbons (Fsp3) is 0.692. The Balaban J connectivity index is 0.00000120. The number of rotatable bonds is 1. The van der Waals surface area contributed by atoms with Crippen LogP contribution in [-0.4, -0.2) is 9.97 Å². The molecule has 2 aliphatic carbocycles. The molecule has 0 spiro atoms. The van der Waals surface area contributed by atoms with Crippen molar-refractivity contribution in [2.75, 3.05) is 0 Å². The van der Waals surface area contributed by atoms with Gasteiger partial charge in [0.05, 0.1) is 11.2 Å². The Kier molecular flexibility index (Phi) is 3.78. The van der Waals surface area contributed by atoms with Gasteiger partial charge in [-0.2, -0.15) is 0 Å². The van der Waals surface area contributed by atoms with E-state index in [1.165, 1.54) is 6.42 Å². The van der Waals surface area contributed by atoms with E-state index in [2.05, 4.69) is 9.97 Å². The number of nitrogens with one attached hydrogen (secondary N) is 1. The third-order valence-corrected chi connectivity index (χ3v) is 4.16. The molecule has 4 nitrogen and oxygen atoms in total. The lowest BCUT2D eigenvalue weighted by Crippen LogP contribution is -2.42. The molecule has 1 aromatic rings. The highest BCUT2D eigenvalue weighted by Crippen LogP contribution is 2.33. The third-order valence-electron chi connectivity index (χ3n) is 4.16. The van der Waals surface area contributed by atoms with Crippen molar-refractivity contribution in [1.29, 1.82) is 0 Å². The Morgan fingerprint density at radius 2 is 1.83 bits per heavy atom. The van der Waals surface area contributed by atoms with Crippen LogP contribution in [-0.2, 0) is 18.4 Å². The first-order chi connectivity index (χ1) is 8.19. The molecule has 1 aromatic heterocycles. The van der Waals surface area contributed by atoms with E-state index in [0.29, 0.717) is 0 Å². The van der Waals surface area contributed by atoms with Crippen molar-refractivity contribution >= 4 is 12.4 Å². The predicted octanol–water partition coefficient (Wildman–Crippen LogP) is 1.80. The monoisotopic (exact) mass is 269 g/mol. The largest absolute Gasteiger partial charge is 0.319 e. The van der Waals surface area contributed by atoms with Crippen LogP contribution in [0.25, 0.3) is 0 Å². The van der Waals surface area contributed by atoms with Gasteiger partial charge in [0.1, 0.15) is 5.82 Å². The zero-order valence-electron chi connectivity index (χ0n) is 10.5. The van der Waals surface area contributed by atoms with Gasteiger partial charge in [-0.1, -0.05) is 19.3 Å². The molecule has 0 aliphatic heterocycles. The summed E-state index contributed by atoms with van der Waals surface area (Å²) in [4.78, 5) is 19.5. The molecule has 2 aliphatic rings. The predicted molar refractivity (Wildman–Crippen MR) is 73.1 cm³/mol. The number of hydrogen-bond donors (Lipinski definition) is 2. The van der Waals surface area contributed by atoms with Gasteiger partial charge in [-0.15, -0.1) is 12.4 Å². The summed E-state index contributed by atoms with van der Waals surface area (Å²) in [6, 6.07) is 0. The minimum Gasteiger partial charge on any atom is -0.319 e. The van der Waals surface area contributed by atoms with Gasteiger partial charge in [0, 0.05) is 5.56 Å². The molecular weight excluding hydrogens is 250 g/mol. The third kappa shape index (κ3) is 2.19. The Morgan fingerprint density at radius 3 is 2.56 bits per heavy atom. The molecule has 5 heteroatoms. The summed E-state index contributed by atoms with van der Waals surface area (Å²) in [5.41, 5.74) is 7.92. The Hall–Kier alpha value is -0.870. The maximum absolute atomic E-state index is 12.0. The van der Waals surface area contributed by atoms with Crippen LogP contribution in [0.4, 0.5) is 0 Å². The second kappa shape index (κ2) is 5.02. The Bertz CT molecular complexity index is 491. The summed E-state index contributed by atoms with van der Waals surface area (Å²) in [5.74, 6) is 0.725. The molecule has 3 rings (SSSR count). The number of aryl methyl sites for hydroxylation is 1. The SMILES string of the molecule is Cl.NC1(c2nc3c(c(=O)[nH]2)CCC3)CCCCC1. The minimum absolute atomic E-state index is 0. The molecule has 100 valence electrons. The van der Waals surface area contributed by atoms with Gasteiger partial charge in [0.2, 0.25) is 0 Å². The minimum atomic E-state index is -0.394. The average Bonchev–Trinajstić information content (AvgIpc) is 2.78. The van der Waals surface area contributed by atoms with Crippen LogP contribution >= 0.6 is 12.4 Å². The number of nitrogens with zero attached hydrogens (tertiary/aromatic N) is 1. The molecule has 1 saturated carbocycles. The van der Waals surface area contributed by atoms with Crippen LogP contribution in [0, 0.1) is 0 Å². The first kappa shape index (κ1) is 13.6. The Morgan fingerprint density at radius 1 is 1.11 bits per heavy atom. The van der Waals surface area contributed by atoms with Crippen LogP contribution in [0.2, 0.25) is 0 Å². The van der Waals surface area contributed by atoms with Crippen molar-refractivity contribution in [2.45, 2.75) is 56.9 Å². The highest BCUT2D eigenvalue weighted by molar-refractivity contribution is 5.85. The average molecular weight is 270 g/mol. The van der Waals surface area contributed by atoms with E-state index in [0.717, 1.165) is 62.0 Å². The second-order valence-electron chi connectivity index (χ2n) is 5.41. The molecule has 0 amide bonds. The molecule has 0 saturated heterocycles. The van der Waals surface area contributed by atoms with Crippen molar-refractivity contribution < 1.29 is 0 Å². The van der Waals surface area contributed by atoms with Gasteiger partial charge in [-0.3, -0.25) is 4.79 Å². The first-order valence-electron chi connectivity index (χ1n) is 6.60. The van der Waals surface area contributed by atoms with Crippen LogP contribution in [0.3, 0.4) is 0 Å². The summed E-state index contributed by atoms with van der Waals surface area (Å²) in [5, 5.41) is 0. The van der Waals surface area contributed by atoms with Crippen molar-refractivity contribution in [3.8, 4) is 0 Å². The zero-order valence-corrected chi connectivity index (χ0v) is 11.3. The Labute approximate surface area is 113 Å². The van der Waals surface area contributed by atoms with E-state index in [1.807, 2.05) is 0 Å². The van der Waals surface area contributed by atoms with E-state index in [1.54, 1.807) is 0 Å². The maximum Gasteiger partial charge on any atom is 0.254 e. The number of aromatic nitrogens is 2. The quantitative estimate of drug-likeness (QED) is 0.817. The number of fused-ring (bicyclic) bond motifs is 1. The number of H-pyrrole nitrogens is 1. The normalized spacial score (nSPS) is 21.2. The highest BCUT2D eigenvalue weighted by atomic mass is 35.5. The smallest absolute Gasteiger partial charge is 0.254 e. The highest BCUT2D eigenvalue weighted by Gasteiger charge is 2.33. The first-order valence-corrected chi connectivity index (χ1v) is 6.60. The summed E-state index contributed by atoms with van der Waals surface area (Å²) in [6.07, 6.45) is 8.25. The molecule has 0 bridgehead atoms. The lowest BCUT2D eigenvalue weighted by atomic mass is 9.82. The molecule has 0 atom stereocenters. The molecule has 0 aromatic carbocycles. The van der Waals surface area contributed by atoms with Crippen molar-refractivity contribution in [3.05, 3.63) is 27.4 Å². The van der Waals surface area contributed by atoms with E-state index in [-0.39, 0.29) is 18.0 Å². The lowest BCUT2D eigenvalue weighted by molar-refractivity contribution is 0.285. The number of halogens is 1. The van der Waals surface area contributed by atoms with Gasteiger partial charge in [0.15, 0.2) is 0 Å². The topological polar surface area (TPSA) is 71.8 Å². The van der Waals surface area contributed by atoms with Gasteiger partial charge < -0.3 is 10.7 Å². The number of hydrogen-bond acceptors (Lipinski definition) is 3. The summed E-state index contributed by atoms with van der Waals surface area (Å²) < 4.78 is 0. The molecule has 18 heavy (non-hydrogen) atoms. The van der Waals surface area contributed by atoms with Gasteiger partial charge in [-0.25, -0.2) is 4.98 Å². The van der Waals surface area contributed by atoms with E-state index in [9.17, 15) is 4.79 Å². The lowest BCUT2D eigenvalue weighted by Gasteiger charge is -2.32. The summed E-state index contributed by atoms with van der Waals surface area (Å²) in [7, 11) is 0. The molecule has 3 N–H and O–H groups in total. The number of nitrogens with two attached hydrogens (primary N) is 1. The van der Waals surface area contributed by atoms with E-state index >= 15 is 0 Å². The fourth-order valence-electron chi connectivity index (χ4n) is 3.10. The van der Waals surface area contributed by atoms with E-state index in [4.69, 9.17) is 5.73 Å². The molecular formula is C13H20ClN3O. The van der Waals surface area contributed by atoms with Crippen molar-refractivity contribution in [3.63, 3.8) is 0 Å². The van der Waals surface area contributed by atoms with Crippen molar-refractivity contribution in [2.24, 2.45) is 5.73 Å². The summed E-state index contributed by atoms with van der Waals surface area (Å²) >= 11 is 0. The van der Waals surface area contributed by atoms with E-state index < -0.39 is 5.54 Å². The summed E-state index contributed by atoms with van der Waals surface area (Å²) in [6.45, 7) is 0. The molecule has 0 radical (unpaired) electrons. The molecule has 0 unspecified atom stereocenters. The van der Waals surface area contributed by atoms with Crippen LogP contribution in [0.5, 0.6) is 0 Å². The molecule has 1 fully saturated rings. The standard InChI is InChI=1S/C13H19N3O.ClH/c14-13(7-2-1-3-8-13)12-15-10-6-4-5-9(10)11(17)16-12;/h1-8,14H2,(H,15,16,17);1H. The van der Waals surface area contributed by atoms with Gasteiger partial charge in [0.25, 0.3) is 5.56 Å².